The molecule has 0 nitrogen and oxygen atoms in total. The van der Waals surface area contributed by atoms with Gasteiger partial charge in [0.1, 0.15) is 0 Å². The van der Waals surface area contributed by atoms with Gasteiger partial charge in [-0.15, -0.1) is 0 Å². The van der Waals surface area contributed by atoms with Crippen LogP contribution in [0, 0.1) is 0 Å². The van der Waals surface area contributed by atoms with E-state index < -0.39 is 0 Å². The predicted octanol–water partition coefficient (Wildman–Crippen LogP) is 7.33. The lowest BCUT2D eigenvalue weighted by molar-refractivity contribution is 0.617. The van der Waals surface area contributed by atoms with Crippen LogP contribution in [0.25, 0.3) is 0 Å². The minimum absolute atomic E-state index is 1.03. The Kier molecular flexibility index (Phi) is 12.9. The molecule has 120 valence electrons. The molecule has 0 heterocycles. The Balaban J connectivity index is 2.20. The quantitative estimate of drug-likeness (QED) is 0.333. The molecule has 0 atom stereocenters. The van der Waals surface area contributed by atoms with Gasteiger partial charge in [0.25, 0.3) is 0 Å². The molecular weight excluding hydrogens is 272 g/mol. The summed E-state index contributed by atoms with van der Waals surface area (Å²) >= 11 is 5.46. The van der Waals surface area contributed by atoms with E-state index in [1.54, 1.807) is 0 Å². The highest BCUT2D eigenvalue weighted by atomic mass is 32.1. The Morgan fingerprint density at radius 3 is 1.52 bits per heavy atom. The zero-order valence-electron chi connectivity index (χ0n) is 13.8. The first-order valence-electron chi connectivity index (χ1n) is 9.21. The summed E-state index contributed by atoms with van der Waals surface area (Å²) in [6, 6.07) is 0. The first-order valence-corrected chi connectivity index (χ1v) is 9.62. The molecule has 1 aliphatic rings. The second kappa shape index (κ2) is 14.5. The van der Waals surface area contributed by atoms with Crippen LogP contribution in [0.1, 0.15) is 96.3 Å². The van der Waals surface area contributed by atoms with Crippen LogP contribution in [0.4, 0.5) is 0 Å². The molecule has 0 spiro atoms. The van der Waals surface area contributed by atoms with Gasteiger partial charge in [-0.3, -0.25) is 0 Å². The molecule has 0 aromatic carbocycles. The van der Waals surface area contributed by atoms with Gasteiger partial charge in [0.15, 0.2) is 0 Å². The molecule has 0 aromatic heterocycles. The summed E-state index contributed by atoms with van der Waals surface area (Å²) in [5.41, 5.74) is 0. The highest BCUT2D eigenvalue weighted by Gasteiger charge is 1.96. The fourth-order valence-corrected chi connectivity index (χ4v) is 3.08. The molecule has 0 aromatic rings. The van der Waals surface area contributed by atoms with E-state index >= 15 is 0 Å². The van der Waals surface area contributed by atoms with E-state index in [9.17, 15) is 0 Å². The lowest BCUT2D eigenvalue weighted by atomic mass is 10.1. The highest BCUT2D eigenvalue weighted by Crippen LogP contribution is 2.12. The lowest BCUT2D eigenvalue weighted by Gasteiger charge is -2.02. The predicted molar refractivity (Wildman–Crippen MR) is 100 cm³/mol. The van der Waals surface area contributed by atoms with Crippen LogP contribution in [0.5, 0.6) is 0 Å². The molecule has 0 unspecified atom stereocenters. The lowest BCUT2D eigenvalue weighted by Crippen LogP contribution is -1.92. The number of hydrogen-bond donors (Lipinski definition) is 0. The molecule has 0 saturated carbocycles. The fraction of sp³-hybridized carbons (Fsp3) is 0.750. The maximum atomic E-state index is 5.46. The van der Waals surface area contributed by atoms with E-state index in [1.807, 2.05) is 0 Å². The van der Waals surface area contributed by atoms with E-state index in [-0.39, 0.29) is 0 Å². The van der Waals surface area contributed by atoms with Crippen molar-refractivity contribution in [3.63, 3.8) is 0 Å². The van der Waals surface area contributed by atoms with Crippen molar-refractivity contribution in [2.45, 2.75) is 96.3 Å². The van der Waals surface area contributed by atoms with Crippen LogP contribution in [-0.4, -0.2) is 4.86 Å². The summed E-state index contributed by atoms with van der Waals surface area (Å²) in [7, 11) is 0. The fourth-order valence-electron chi connectivity index (χ4n) is 2.84. The monoisotopic (exact) mass is 306 g/mol. The second-order valence-electron chi connectivity index (χ2n) is 6.34. The first-order chi connectivity index (χ1) is 10.4. The number of hydrogen-bond acceptors (Lipinski definition) is 1. The smallest absolute Gasteiger partial charge is 0.00335 e. The van der Waals surface area contributed by atoms with Gasteiger partial charge in [0.05, 0.1) is 0 Å². The van der Waals surface area contributed by atoms with Crippen molar-refractivity contribution in [2.24, 2.45) is 0 Å². The zero-order valence-corrected chi connectivity index (χ0v) is 14.6. The molecule has 0 N–H and O–H groups in total. The maximum Gasteiger partial charge on any atom is -0.00335 e. The Hall–Kier alpha value is -0.430. The van der Waals surface area contributed by atoms with Crippen LogP contribution < -0.4 is 0 Å². The summed E-state index contributed by atoms with van der Waals surface area (Å²) in [6.07, 6.45) is 29.1. The van der Waals surface area contributed by atoms with E-state index in [0.717, 1.165) is 12.8 Å². The van der Waals surface area contributed by atoms with Crippen LogP contribution >= 0.6 is 12.2 Å². The summed E-state index contributed by atoms with van der Waals surface area (Å²) in [6.45, 7) is 0. The molecule has 0 aliphatic heterocycles. The van der Waals surface area contributed by atoms with Crippen molar-refractivity contribution >= 4 is 17.1 Å². The average Bonchev–Trinajstić information content (AvgIpc) is 2.48. The minimum Gasteiger partial charge on any atom is -0.0894 e. The zero-order chi connectivity index (χ0) is 15.0. The Labute approximate surface area is 138 Å². The minimum atomic E-state index is 1.03. The van der Waals surface area contributed by atoms with Gasteiger partial charge >= 0.3 is 0 Å². The van der Waals surface area contributed by atoms with Gasteiger partial charge in [-0.1, -0.05) is 75.0 Å². The van der Waals surface area contributed by atoms with Gasteiger partial charge in [0.2, 0.25) is 0 Å². The third kappa shape index (κ3) is 13.0. The van der Waals surface area contributed by atoms with Crippen LogP contribution in [-0.2, 0) is 0 Å². The van der Waals surface area contributed by atoms with Gasteiger partial charge in [-0.2, -0.15) is 0 Å². The molecular formula is C20H34S. The van der Waals surface area contributed by atoms with E-state index in [2.05, 4.69) is 24.3 Å². The number of allylic oxidation sites excluding steroid dienone is 4. The number of thiocarbonyl (C=S) groups is 1. The van der Waals surface area contributed by atoms with Crippen LogP contribution in [0.3, 0.4) is 0 Å². The summed E-state index contributed by atoms with van der Waals surface area (Å²) in [5, 5.41) is 0. The molecule has 1 heteroatoms. The summed E-state index contributed by atoms with van der Waals surface area (Å²) in [5.74, 6) is 0. The van der Waals surface area contributed by atoms with E-state index in [1.165, 1.54) is 88.3 Å². The van der Waals surface area contributed by atoms with Crippen molar-refractivity contribution in [2.75, 3.05) is 0 Å². The van der Waals surface area contributed by atoms with Gasteiger partial charge in [0, 0.05) is 0 Å². The van der Waals surface area contributed by atoms with Crippen LogP contribution in [0.15, 0.2) is 24.3 Å². The molecule has 21 heavy (non-hydrogen) atoms. The van der Waals surface area contributed by atoms with Gasteiger partial charge < -0.3 is 0 Å². The molecule has 0 bridgehead atoms. The van der Waals surface area contributed by atoms with Crippen LogP contribution in [0.2, 0.25) is 0 Å². The third-order valence-electron chi connectivity index (χ3n) is 4.25. The van der Waals surface area contributed by atoms with Crippen molar-refractivity contribution < 1.29 is 0 Å². The van der Waals surface area contributed by atoms with Gasteiger partial charge in [-0.25, -0.2) is 0 Å². The highest BCUT2D eigenvalue weighted by molar-refractivity contribution is 7.80. The number of rotatable bonds is 0. The molecule has 0 saturated heterocycles. The normalized spacial score (nSPS) is 25.0. The largest absolute Gasteiger partial charge is 0.0894 e. The maximum absolute atomic E-state index is 5.46. The summed E-state index contributed by atoms with van der Waals surface area (Å²) in [4.78, 5) is 1.25. The average molecular weight is 307 g/mol. The third-order valence-corrected chi connectivity index (χ3v) is 4.62. The van der Waals surface area contributed by atoms with Crippen molar-refractivity contribution in [1.82, 2.24) is 0 Å². The first kappa shape index (κ1) is 18.6. The van der Waals surface area contributed by atoms with E-state index in [4.69, 9.17) is 12.2 Å². The molecule has 0 radical (unpaired) electrons. The standard InChI is InChI=1S/C20H34S/c21-20-18-16-14-12-10-8-6-4-2-1-3-5-7-9-11-13-15-17-19-20/h2,4,15,17H,1,3,5-14,16,18-19H2/b4-2-,17-15-. The molecule has 1 aliphatic carbocycles. The molecule has 0 amide bonds. The van der Waals surface area contributed by atoms with Crippen molar-refractivity contribution in [1.29, 1.82) is 0 Å². The summed E-state index contributed by atoms with van der Waals surface area (Å²) < 4.78 is 0. The van der Waals surface area contributed by atoms with Crippen molar-refractivity contribution in [3.05, 3.63) is 24.3 Å². The Bertz CT molecular complexity index is 301. The molecule has 0 fully saturated rings. The topological polar surface area (TPSA) is 0 Å². The Morgan fingerprint density at radius 1 is 0.524 bits per heavy atom. The Morgan fingerprint density at radius 2 is 0.952 bits per heavy atom. The SMILES string of the molecule is S=C1C/C=C\CCCCCCC/C=C\CCCCCCC1. The van der Waals surface area contributed by atoms with E-state index in [0.29, 0.717) is 0 Å². The van der Waals surface area contributed by atoms with Crippen molar-refractivity contribution in [3.8, 4) is 0 Å². The van der Waals surface area contributed by atoms with Gasteiger partial charge in [-0.05, 0) is 62.7 Å². The second-order valence-corrected chi connectivity index (χ2v) is 6.91. The molecule has 1 rings (SSSR count).